The third-order valence-corrected chi connectivity index (χ3v) is 5.88. The molecule has 0 spiro atoms. The van der Waals surface area contributed by atoms with Crippen molar-refractivity contribution in [3.05, 3.63) is 101 Å². The van der Waals surface area contributed by atoms with Crippen molar-refractivity contribution in [1.29, 1.82) is 0 Å². The maximum atomic E-state index is 13.5. The van der Waals surface area contributed by atoms with Gasteiger partial charge in [-0.1, -0.05) is 78.3 Å². The molecule has 0 aliphatic heterocycles. The van der Waals surface area contributed by atoms with E-state index in [9.17, 15) is 4.79 Å². The molecule has 136 valence electrons. The minimum atomic E-state index is 0.0212. The van der Waals surface area contributed by atoms with Gasteiger partial charge in [-0.25, -0.2) is 4.98 Å². The molecule has 0 amide bonds. The molecule has 4 aromatic carbocycles. The van der Waals surface area contributed by atoms with E-state index < -0.39 is 0 Å². The number of carbonyl (C=O) groups is 1. The van der Waals surface area contributed by atoms with Gasteiger partial charge in [-0.3, -0.25) is 4.79 Å². The number of hydrogen-bond acceptors (Lipinski definition) is 2. The molecule has 0 saturated carbocycles. The number of fused-ring (bicyclic) bond motifs is 6. The second kappa shape index (κ2) is 6.00. The summed E-state index contributed by atoms with van der Waals surface area (Å²) in [5.41, 5.74) is 5.73. The quantitative estimate of drug-likeness (QED) is 0.285. The highest BCUT2D eigenvalue weighted by atomic mass is 35.5. The molecule has 0 N–H and O–H groups in total. The van der Waals surface area contributed by atoms with Crippen LogP contribution in [0, 0.1) is 0 Å². The van der Waals surface area contributed by atoms with E-state index in [0.29, 0.717) is 16.1 Å². The maximum Gasteiger partial charge on any atom is 0.196 e. The third-order valence-electron chi connectivity index (χ3n) is 5.64. The van der Waals surface area contributed by atoms with E-state index in [4.69, 9.17) is 16.6 Å². The van der Waals surface area contributed by atoms with Crippen molar-refractivity contribution in [1.82, 2.24) is 4.98 Å². The van der Waals surface area contributed by atoms with Gasteiger partial charge < -0.3 is 0 Å². The predicted molar refractivity (Wildman–Crippen MR) is 119 cm³/mol. The van der Waals surface area contributed by atoms with Crippen molar-refractivity contribution < 1.29 is 4.79 Å². The number of rotatable bonds is 1. The molecule has 0 unspecified atom stereocenters. The molecule has 5 aromatic rings. The molecular weight excluding hydrogens is 378 g/mol. The van der Waals surface area contributed by atoms with Crippen LogP contribution in [0.5, 0.6) is 0 Å². The van der Waals surface area contributed by atoms with Crippen LogP contribution in [-0.2, 0) is 0 Å². The first kappa shape index (κ1) is 16.5. The summed E-state index contributed by atoms with van der Waals surface area (Å²) in [5.74, 6) is 0.0212. The summed E-state index contributed by atoms with van der Waals surface area (Å²) in [4.78, 5) is 18.4. The Morgan fingerprint density at radius 1 is 0.724 bits per heavy atom. The zero-order valence-corrected chi connectivity index (χ0v) is 16.1. The van der Waals surface area contributed by atoms with Crippen LogP contribution >= 0.6 is 11.6 Å². The van der Waals surface area contributed by atoms with Crippen LogP contribution in [0.2, 0.25) is 5.02 Å². The lowest BCUT2D eigenvalue weighted by Crippen LogP contribution is -2.01. The fourth-order valence-electron chi connectivity index (χ4n) is 4.41. The van der Waals surface area contributed by atoms with Gasteiger partial charge >= 0.3 is 0 Å². The largest absolute Gasteiger partial charge is 0.288 e. The summed E-state index contributed by atoms with van der Waals surface area (Å²) in [6.45, 7) is 0. The summed E-state index contributed by atoms with van der Waals surface area (Å²) in [7, 11) is 0. The fraction of sp³-hybridized carbons (Fsp3) is 0. The first-order valence-electron chi connectivity index (χ1n) is 9.48. The number of pyridine rings is 1. The molecule has 6 rings (SSSR count). The normalized spacial score (nSPS) is 12.4. The maximum absolute atomic E-state index is 13.5. The van der Waals surface area contributed by atoms with Gasteiger partial charge in [0.25, 0.3) is 0 Å². The number of halogens is 1. The van der Waals surface area contributed by atoms with Crippen LogP contribution < -0.4 is 0 Å². The average Bonchev–Trinajstić information content (AvgIpc) is 3.04. The van der Waals surface area contributed by atoms with Crippen molar-refractivity contribution in [2.24, 2.45) is 0 Å². The van der Waals surface area contributed by atoms with E-state index in [-0.39, 0.29) is 5.78 Å². The number of ketones is 1. The van der Waals surface area contributed by atoms with Gasteiger partial charge in [0.2, 0.25) is 0 Å². The van der Waals surface area contributed by atoms with E-state index >= 15 is 0 Å². The van der Waals surface area contributed by atoms with E-state index in [1.54, 1.807) is 0 Å². The van der Waals surface area contributed by atoms with Crippen molar-refractivity contribution in [3.8, 4) is 22.4 Å². The smallest absolute Gasteiger partial charge is 0.196 e. The van der Waals surface area contributed by atoms with Crippen LogP contribution in [0.15, 0.2) is 84.9 Å². The molecule has 2 nitrogen and oxygen atoms in total. The number of nitrogens with zero attached hydrogens (tertiary/aromatic N) is 1. The van der Waals surface area contributed by atoms with Crippen molar-refractivity contribution >= 4 is 39.1 Å². The number of aromatic nitrogens is 1. The van der Waals surface area contributed by atoms with E-state index in [1.165, 1.54) is 0 Å². The molecule has 0 fully saturated rings. The molecule has 29 heavy (non-hydrogen) atoms. The second-order valence-electron chi connectivity index (χ2n) is 7.28. The lowest BCUT2D eigenvalue weighted by atomic mass is 9.91. The minimum Gasteiger partial charge on any atom is -0.288 e. The summed E-state index contributed by atoms with van der Waals surface area (Å²) < 4.78 is 0. The Balaban J connectivity index is 1.87. The van der Waals surface area contributed by atoms with Gasteiger partial charge in [-0.15, -0.1) is 0 Å². The molecule has 0 radical (unpaired) electrons. The zero-order valence-electron chi connectivity index (χ0n) is 15.3. The Morgan fingerprint density at radius 3 is 2.38 bits per heavy atom. The number of carbonyl (C=O) groups excluding carboxylic acids is 1. The molecule has 1 heterocycles. The molecule has 1 aromatic heterocycles. The van der Waals surface area contributed by atoms with Crippen LogP contribution in [0.4, 0.5) is 0 Å². The molecule has 0 saturated heterocycles. The van der Waals surface area contributed by atoms with Crippen LogP contribution in [0.1, 0.15) is 15.9 Å². The Labute approximate surface area is 172 Å². The first-order chi connectivity index (χ1) is 14.2. The summed E-state index contributed by atoms with van der Waals surface area (Å²) in [5, 5.41) is 3.83. The Morgan fingerprint density at radius 2 is 1.52 bits per heavy atom. The van der Waals surface area contributed by atoms with Crippen molar-refractivity contribution in [2.45, 2.75) is 0 Å². The second-order valence-corrected chi connectivity index (χ2v) is 7.71. The lowest BCUT2D eigenvalue weighted by molar-refractivity contribution is 0.104. The third kappa shape index (κ3) is 2.30. The minimum absolute atomic E-state index is 0.0212. The Bertz CT molecular complexity index is 1490. The van der Waals surface area contributed by atoms with Gasteiger partial charge in [-0.05, 0) is 34.5 Å². The van der Waals surface area contributed by atoms with Crippen LogP contribution in [0.25, 0.3) is 44.1 Å². The molecular formula is C26H14ClNO. The van der Waals surface area contributed by atoms with Gasteiger partial charge in [0, 0.05) is 27.1 Å². The highest BCUT2D eigenvalue weighted by Gasteiger charge is 2.32. The van der Waals surface area contributed by atoms with Crippen molar-refractivity contribution in [2.75, 3.05) is 0 Å². The topological polar surface area (TPSA) is 30.0 Å². The Kier molecular flexibility index (Phi) is 3.41. The van der Waals surface area contributed by atoms with Crippen LogP contribution in [0.3, 0.4) is 0 Å². The monoisotopic (exact) mass is 391 g/mol. The molecule has 1 aliphatic rings. The standard InChI is InChI=1S/C26H14ClNO/c27-17-8-5-7-16(14-17)22-23-18-9-2-1-6-15(18)12-13-21(23)28-25-19-10-3-4-11-20(19)26(29)24(22)25/h1-14H. The van der Waals surface area contributed by atoms with Gasteiger partial charge in [-0.2, -0.15) is 0 Å². The summed E-state index contributed by atoms with van der Waals surface area (Å²) in [6.07, 6.45) is 0. The SMILES string of the molecule is O=C1c2ccccc2-c2nc3ccc4ccccc4c3c(-c3cccc(Cl)c3)c21. The molecule has 3 heteroatoms. The predicted octanol–water partition coefficient (Wildman–Crippen LogP) is 6.92. The molecule has 0 atom stereocenters. The van der Waals surface area contributed by atoms with Crippen molar-refractivity contribution in [3.63, 3.8) is 0 Å². The lowest BCUT2D eigenvalue weighted by Gasteiger charge is -2.15. The summed E-state index contributed by atoms with van der Waals surface area (Å²) in [6, 6.07) is 27.8. The highest BCUT2D eigenvalue weighted by Crippen LogP contribution is 2.45. The van der Waals surface area contributed by atoms with Crippen LogP contribution in [-0.4, -0.2) is 10.8 Å². The average molecular weight is 392 g/mol. The van der Waals surface area contributed by atoms with Gasteiger partial charge in [0.15, 0.2) is 5.78 Å². The van der Waals surface area contributed by atoms with E-state index in [2.05, 4.69) is 18.2 Å². The molecule has 1 aliphatic carbocycles. The number of benzene rings is 4. The highest BCUT2D eigenvalue weighted by molar-refractivity contribution is 6.32. The summed E-state index contributed by atoms with van der Waals surface area (Å²) >= 11 is 6.34. The zero-order chi connectivity index (χ0) is 19.5. The van der Waals surface area contributed by atoms with E-state index in [0.717, 1.165) is 44.1 Å². The fourth-order valence-corrected chi connectivity index (χ4v) is 4.60. The van der Waals surface area contributed by atoms with E-state index in [1.807, 2.05) is 66.7 Å². The molecule has 0 bridgehead atoms. The first-order valence-corrected chi connectivity index (χ1v) is 9.86. The van der Waals surface area contributed by atoms with Gasteiger partial charge in [0.1, 0.15) is 0 Å². The number of hydrogen-bond donors (Lipinski definition) is 0. The Hall–Kier alpha value is -3.49. The van der Waals surface area contributed by atoms with Gasteiger partial charge in [0.05, 0.1) is 16.8 Å².